The van der Waals surface area contributed by atoms with Crippen LogP contribution in [0.25, 0.3) is 11.1 Å². The van der Waals surface area contributed by atoms with Crippen molar-refractivity contribution < 1.29 is 13.2 Å². The minimum absolute atomic E-state index is 0.0326. The first-order valence-corrected chi connectivity index (χ1v) is 13.1. The van der Waals surface area contributed by atoms with E-state index in [1.54, 1.807) is 6.20 Å². The number of rotatable bonds is 4. The Hall–Kier alpha value is -3.19. The Morgan fingerprint density at radius 1 is 1.00 bits per heavy atom. The fraction of sp³-hybridized carbons (Fsp3) is 0.308. The number of fused-ring (bicyclic) bond motifs is 2. The van der Waals surface area contributed by atoms with Crippen LogP contribution in [0.3, 0.4) is 0 Å². The molecule has 1 amide bonds. The van der Waals surface area contributed by atoms with E-state index in [-0.39, 0.29) is 17.2 Å². The summed E-state index contributed by atoms with van der Waals surface area (Å²) in [6, 6.07) is 19.5. The molecule has 170 valence electrons. The first-order valence-electron chi connectivity index (χ1n) is 11.2. The van der Waals surface area contributed by atoms with Crippen molar-refractivity contribution in [2.45, 2.75) is 31.1 Å². The van der Waals surface area contributed by atoms with Gasteiger partial charge in [0.15, 0.2) is 0 Å². The second-order valence-electron chi connectivity index (χ2n) is 9.15. The third-order valence-electron chi connectivity index (χ3n) is 7.05. The molecule has 1 aromatic heterocycles. The molecule has 2 heterocycles. The van der Waals surface area contributed by atoms with Gasteiger partial charge in [-0.25, -0.2) is 8.42 Å². The summed E-state index contributed by atoms with van der Waals surface area (Å²) in [5.41, 5.74) is 4.55. The zero-order chi connectivity index (χ0) is 23.1. The van der Waals surface area contributed by atoms with E-state index < -0.39 is 10.0 Å². The lowest BCUT2D eigenvalue weighted by atomic mass is 9.67. The Labute approximate surface area is 194 Å². The fourth-order valence-electron chi connectivity index (χ4n) is 5.26. The summed E-state index contributed by atoms with van der Waals surface area (Å²) in [7, 11) is -3.34. The number of para-hydroxylation sites is 1. The van der Waals surface area contributed by atoms with Gasteiger partial charge in [0.05, 0.1) is 11.9 Å². The van der Waals surface area contributed by atoms with Gasteiger partial charge in [-0.2, -0.15) is 0 Å². The Morgan fingerprint density at radius 2 is 1.73 bits per heavy atom. The second kappa shape index (κ2) is 8.30. The smallest absolute Gasteiger partial charge is 0.232 e. The van der Waals surface area contributed by atoms with Gasteiger partial charge in [-0.15, -0.1) is 0 Å². The molecule has 1 aliphatic heterocycles. The van der Waals surface area contributed by atoms with Gasteiger partial charge < -0.3 is 5.32 Å². The van der Waals surface area contributed by atoms with Crippen molar-refractivity contribution in [3.63, 3.8) is 0 Å². The molecule has 3 aromatic rings. The normalized spacial score (nSPS) is 22.2. The molecule has 1 N–H and O–H groups in total. The molecule has 0 bridgehead atoms. The van der Waals surface area contributed by atoms with Gasteiger partial charge in [0.2, 0.25) is 15.9 Å². The van der Waals surface area contributed by atoms with Crippen LogP contribution < -0.4 is 9.62 Å². The number of sulfonamides is 1. The molecule has 33 heavy (non-hydrogen) atoms. The van der Waals surface area contributed by atoms with Crippen molar-refractivity contribution in [3.8, 4) is 11.1 Å². The van der Waals surface area contributed by atoms with Crippen molar-refractivity contribution >= 4 is 27.3 Å². The van der Waals surface area contributed by atoms with Crippen LogP contribution in [0.15, 0.2) is 73.1 Å². The maximum absolute atomic E-state index is 13.0. The highest BCUT2D eigenvalue weighted by molar-refractivity contribution is 7.92. The lowest BCUT2D eigenvalue weighted by Crippen LogP contribution is -2.40. The number of carbonyl (C=O) groups is 1. The highest BCUT2D eigenvalue weighted by Crippen LogP contribution is 2.51. The molecule has 0 radical (unpaired) electrons. The minimum Gasteiger partial charge on any atom is -0.326 e. The quantitative estimate of drug-likeness (QED) is 0.616. The summed E-state index contributed by atoms with van der Waals surface area (Å²) >= 11 is 0. The summed E-state index contributed by atoms with van der Waals surface area (Å²) in [6.07, 6.45) is 7.91. The average molecular weight is 462 g/mol. The van der Waals surface area contributed by atoms with Crippen LogP contribution in [0.2, 0.25) is 0 Å². The van der Waals surface area contributed by atoms with E-state index in [1.165, 1.54) is 10.6 Å². The maximum Gasteiger partial charge on any atom is 0.232 e. The topological polar surface area (TPSA) is 79.4 Å². The van der Waals surface area contributed by atoms with Crippen molar-refractivity contribution in [1.29, 1.82) is 0 Å². The van der Waals surface area contributed by atoms with Crippen LogP contribution in [0.4, 0.5) is 11.4 Å². The van der Waals surface area contributed by atoms with E-state index in [4.69, 9.17) is 0 Å². The minimum atomic E-state index is -3.34. The molecule has 1 aliphatic carbocycles. The molecule has 1 spiro atoms. The highest BCUT2D eigenvalue weighted by atomic mass is 32.2. The van der Waals surface area contributed by atoms with Crippen LogP contribution in [0, 0.1) is 5.92 Å². The number of carbonyl (C=O) groups excluding carboxylic acids is 1. The molecular weight excluding hydrogens is 434 g/mol. The summed E-state index contributed by atoms with van der Waals surface area (Å²) in [4.78, 5) is 17.1. The number of amides is 1. The van der Waals surface area contributed by atoms with Crippen LogP contribution >= 0.6 is 0 Å². The predicted octanol–water partition coefficient (Wildman–Crippen LogP) is 4.59. The van der Waals surface area contributed by atoms with Crippen molar-refractivity contribution in [3.05, 3.63) is 78.6 Å². The molecule has 0 atom stereocenters. The Morgan fingerprint density at radius 3 is 2.39 bits per heavy atom. The number of nitrogens with zero attached hydrogens (tertiary/aromatic N) is 2. The third kappa shape index (κ3) is 4.13. The van der Waals surface area contributed by atoms with E-state index in [2.05, 4.69) is 10.3 Å². The summed E-state index contributed by atoms with van der Waals surface area (Å²) < 4.78 is 26.3. The van der Waals surface area contributed by atoms with Gasteiger partial charge in [-0.3, -0.25) is 14.1 Å². The molecule has 1 fully saturated rings. The van der Waals surface area contributed by atoms with E-state index in [9.17, 15) is 13.2 Å². The van der Waals surface area contributed by atoms with E-state index >= 15 is 0 Å². The number of anilines is 2. The number of aromatic nitrogens is 1. The fourth-order valence-corrected chi connectivity index (χ4v) is 6.26. The van der Waals surface area contributed by atoms with E-state index in [0.29, 0.717) is 6.54 Å². The van der Waals surface area contributed by atoms with Crippen molar-refractivity contribution in [1.82, 2.24) is 4.98 Å². The first kappa shape index (κ1) is 21.6. The van der Waals surface area contributed by atoms with Crippen LogP contribution in [0.1, 0.15) is 31.2 Å². The van der Waals surface area contributed by atoms with Crippen LogP contribution in [-0.4, -0.2) is 32.1 Å². The van der Waals surface area contributed by atoms with Gasteiger partial charge in [0, 0.05) is 36.0 Å². The van der Waals surface area contributed by atoms with Gasteiger partial charge in [-0.1, -0.05) is 36.4 Å². The third-order valence-corrected chi connectivity index (χ3v) is 8.18. The zero-order valence-corrected chi connectivity index (χ0v) is 19.4. The van der Waals surface area contributed by atoms with E-state index in [1.807, 2.05) is 66.9 Å². The van der Waals surface area contributed by atoms with E-state index in [0.717, 1.165) is 53.7 Å². The Bertz CT molecular complexity index is 1270. The largest absolute Gasteiger partial charge is 0.326 e. The zero-order valence-electron chi connectivity index (χ0n) is 18.6. The van der Waals surface area contributed by atoms with Crippen molar-refractivity contribution in [2.75, 3.05) is 22.4 Å². The van der Waals surface area contributed by atoms with Gasteiger partial charge in [-0.05, 0) is 66.6 Å². The molecule has 7 heteroatoms. The first-order chi connectivity index (χ1) is 15.9. The lowest BCUT2D eigenvalue weighted by molar-refractivity contribution is -0.121. The van der Waals surface area contributed by atoms with Crippen molar-refractivity contribution in [2.24, 2.45) is 5.92 Å². The number of hydrogen-bond donors (Lipinski definition) is 1. The molecule has 6 nitrogen and oxygen atoms in total. The summed E-state index contributed by atoms with van der Waals surface area (Å²) in [5, 5.41) is 3.06. The summed E-state index contributed by atoms with van der Waals surface area (Å²) in [6.45, 7) is 0.468. The predicted molar refractivity (Wildman–Crippen MR) is 131 cm³/mol. The number of hydrogen-bond acceptors (Lipinski definition) is 4. The van der Waals surface area contributed by atoms with Gasteiger partial charge in [0.25, 0.3) is 0 Å². The SMILES string of the molecule is CS(=O)(=O)N1CC2(CCC(C(=O)Nc3ccc(-c4cccnc4)cc3)CC2)c2ccccc21. The standard InChI is InChI=1S/C26H27N3O3S/c1-33(31,32)29-18-26(23-6-2-3-7-24(23)29)14-12-20(13-15-26)25(30)28-22-10-8-19(9-11-22)21-5-4-16-27-17-21/h2-11,16-17,20H,12-15,18H2,1H3,(H,28,30). The highest BCUT2D eigenvalue weighted by Gasteiger charge is 2.47. The molecule has 2 aliphatic rings. The Kier molecular flexibility index (Phi) is 5.44. The van der Waals surface area contributed by atoms with Gasteiger partial charge >= 0.3 is 0 Å². The molecule has 5 rings (SSSR count). The average Bonchev–Trinajstić information content (AvgIpc) is 3.15. The molecule has 0 saturated heterocycles. The molecule has 2 aromatic carbocycles. The molecule has 1 saturated carbocycles. The second-order valence-corrected chi connectivity index (χ2v) is 11.1. The summed E-state index contributed by atoms with van der Waals surface area (Å²) in [5.74, 6) is -0.0432. The Balaban J connectivity index is 1.26. The number of nitrogens with one attached hydrogen (secondary N) is 1. The number of pyridine rings is 1. The van der Waals surface area contributed by atoms with Gasteiger partial charge in [0.1, 0.15) is 0 Å². The molecular formula is C26H27N3O3S. The lowest BCUT2D eigenvalue weighted by Gasteiger charge is -2.37. The molecule has 0 unspecified atom stereocenters. The number of benzene rings is 2. The van der Waals surface area contributed by atoms with Crippen LogP contribution in [0.5, 0.6) is 0 Å². The van der Waals surface area contributed by atoms with Crippen LogP contribution in [-0.2, 0) is 20.2 Å². The maximum atomic E-state index is 13.0. The monoisotopic (exact) mass is 461 g/mol.